The Labute approximate surface area is 203 Å². The maximum atomic E-state index is 13.7. The molecule has 0 unspecified atom stereocenters. The minimum absolute atomic E-state index is 0.0114. The molecule has 8 nitrogen and oxygen atoms in total. The van der Waals surface area contributed by atoms with Crippen LogP contribution in [-0.2, 0) is 17.5 Å². The van der Waals surface area contributed by atoms with Gasteiger partial charge in [-0.05, 0) is 45.2 Å². The van der Waals surface area contributed by atoms with E-state index in [1.54, 1.807) is 6.20 Å². The minimum Gasteiger partial charge on any atom is -0.355 e. The van der Waals surface area contributed by atoms with Crippen molar-refractivity contribution in [1.29, 1.82) is 0 Å². The minimum atomic E-state index is -4.54. The van der Waals surface area contributed by atoms with Crippen molar-refractivity contribution in [3.05, 3.63) is 36.3 Å². The second-order valence-corrected chi connectivity index (χ2v) is 9.95. The number of alkyl halides is 5. The van der Waals surface area contributed by atoms with Crippen molar-refractivity contribution < 1.29 is 26.7 Å². The zero-order valence-electron chi connectivity index (χ0n) is 19.6. The van der Waals surface area contributed by atoms with Gasteiger partial charge in [0.2, 0.25) is 5.91 Å². The quantitative estimate of drug-likeness (QED) is 0.488. The maximum Gasteiger partial charge on any atom is 0.416 e. The number of hydrogen-bond acceptors (Lipinski definition) is 6. The zero-order valence-corrected chi connectivity index (χ0v) is 19.6. The Kier molecular flexibility index (Phi) is 5.63. The van der Waals surface area contributed by atoms with Gasteiger partial charge in [-0.1, -0.05) is 0 Å². The predicted molar refractivity (Wildman–Crippen MR) is 121 cm³/mol. The monoisotopic (exact) mass is 509 g/mol. The molecule has 2 aliphatic heterocycles. The summed E-state index contributed by atoms with van der Waals surface area (Å²) in [6.07, 6.45) is -1.73. The van der Waals surface area contributed by atoms with Crippen LogP contribution in [0.15, 0.2) is 30.7 Å². The van der Waals surface area contributed by atoms with Crippen molar-refractivity contribution in [2.24, 2.45) is 5.41 Å². The molecule has 1 spiro atoms. The van der Waals surface area contributed by atoms with Gasteiger partial charge < -0.3 is 4.90 Å². The summed E-state index contributed by atoms with van der Waals surface area (Å²) in [4.78, 5) is 29.9. The van der Waals surface area contributed by atoms with E-state index in [1.165, 1.54) is 11.1 Å². The number of carbonyl (C=O) groups is 1. The fourth-order valence-electron chi connectivity index (χ4n) is 5.44. The molecule has 0 N–H and O–H groups in total. The predicted octanol–water partition coefficient (Wildman–Crippen LogP) is 4.31. The summed E-state index contributed by atoms with van der Waals surface area (Å²) in [7, 11) is 0. The van der Waals surface area contributed by atoms with Crippen LogP contribution in [-0.4, -0.2) is 55.7 Å². The Morgan fingerprint density at radius 3 is 2.47 bits per heavy atom. The largest absolute Gasteiger partial charge is 0.416 e. The summed E-state index contributed by atoms with van der Waals surface area (Å²) in [5.74, 6) is 0.243. The first-order valence-corrected chi connectivity index (χ1v) is 11.5. The van der Waals surface area contributed by atoms with Gasteiger partial charge in [0.05, 0.1) is 23.4 Å². The van der Waals surface area contributed by atoms with Crippen LogP contribution in [0.4, 0.5) is 33.6 Å². The molecule has 0 bridgehead atoms. The molecular formula is C23H24F5N7O. The summed E-state index contributed by atoms with van der Waals surface area (Å²) >= 11 is 0. The molecule has 0 radical (unpaired) electrons. The number of aromatic nitrogens is 5. The number of carbonyl (C=O) groups excluding carboxylic acids is 1. The van der Waals surface area contributed by atoms with Crippen LogP contribution in [0, 0.1) is 5.41 Å². The fourth-order valence-corrected chi connectivity index (χ4v) is 5.44. The summed E-state index contributed by atoms with van der Waals surface area (Å²) in [6.45, 7) is 3.98. The third-order valence-corrected chi connectivity index (χ3v) is 7.02. The van der Waals surface area contributed by atoms with Gasteiger partial charge in [0.15, 0.2) is 5.65 Å². The molecule has 36 heavy (non-hydrogen) atoms. The van der Waals surface area contributed by atoms with Crippen LogP contribution < -0.4 is 9.80 Å². The molecule has 5 rings (SSSR count). The smallest absolute Gasteiger partial charge is 0.355 e. The Bertz CT molecular complexity index is 1300. The summed E-state index contributed by atoms with van der Waals surface area (Å²) in [5, 5.41) is 3.93. The third-order valence-electron chi connectivity index (χ3n) is 7.02. The first-order chi connectivity index (χ1) is 16.9. The molecule has 2 aliphatic rings. The van der Waals surface area contributed by atoms with Crippen molar-refractivity contribution in [2.75, 3.05) is 22.9 Å². The van der Waals surface area contributed by atoms with Crippen LogP contribution in [0.5, 0.6) is 0 Å². The van der Waals surface area contributed by atoms with E-state index in [-0.39, 0.29) is 17.4 Å². The molecule has 13 heteroatoms. The van der Waals surface area contributed by atoms with Crippen LogP contribution in [0.1, 0.15) is 38.7 Å². The average molecular weight is 509 g/mol. The molecular weight excluding hydrogens is 485 g/mol. The van der Waals surface area contributed by atoms with Gasteiger partial charge in [-0.3, -0.25) is 9.69 Å². The molecule has 3 aromatic heterocycles. The highest BCUT2D eigenvalue weighted by Gasteiger charge is 2.57. The Hall–Kier alpha value is -3.38. The van der Waals surface area contributed by atoms with Crippen molar-refractivity contribution in [3.8, 4) is 0 Å². The first kappa shape index (κ1) is 24.3. The standard InChI is InChI=1S/C23H24F5N7O/c1-21(2)13-22(20(36)35(21)17-9-14(3-6-29-17)23(26,27)28)4-7-33(8-5-22)18-11-30-15-10-31-34(12-16(24)25)19(15)32-18/h3,6,9-11,16H,4-5,7-8,12-13H2,1-2H3. The number of nitrogens with zero attached hydrogens (tertiary/aromatic N) is 7. The lowest BCUT2D eigenvalue weighted by Crippen LogP contribution is -2.46. The maximum absolute atomic E-state index is 13.7. The summed E-state index contributed by atoms with van der Waals surface area (Å²) in [5.41, 5.74) is -1.66. The lowest BCUT2D eigenvalue weighted by Gasteiger charge is -2.38. The molecule has 1 amide bonds. The lowest BCUT2D eigenvalue weighted by molar-refractivity contribution is -0.137. The lowest BCUT2D eigenvalue weighted by atomic mass is 9.74. The van der Waals surface area contributed by atoms with Gasteiger partial charge in [0.25, 0.3) is 6.43 Å². The van der Waals surface area contributed by atoms with Crippen LogP contribution >= 0.6 is 0 Å². The van der Waals surface area contributed by atoms with Gasteiger partial charge in [-0.25, -0.2) is 28.4 Å². The SMILES string of the molecule is CC1(C)CC2(CCN(c3cnc4cnn(CC(F)F)c4n3)CC2)C(=O)N1c1cc(C(F)(F)F)ccn1. The number of hydrogen-bond donors (Lipinski definition) is 0. The first-order valence-electron chi connectivity index (χ1n) is 11.5. The number of rotatable bonds is 4. The van der Waals surface area contributed by atoms with Gasteiger partial charge in [-0.15, -0.1) is 0 Å². The Morgan fingerprint density at radius 1 is 1.08 bits per heavy atom. The third kappa shape index (κ3) is 4.13. The van der Waals surface area contributed by atoms with Crippen molar-refractivity contribution in [1.82, 2.24) is 24.7 Å². The zero-order chi connectivity index (χ0) is 25.9. The molecule has 0 atom stereocenters. The van der Waals surface area contributed by atoms with Gasteiger partial charge in [-0.2, -0.15) is 18.3 Å². The number of fused-ring (bicyclic) bond motifs is 1. The molecule has 3 aromatic rings. The highest BCUT2D eigenvalue weighted by atomic mass is 19.4. The number of amides is 1. The van der Waals surface area contributed by atoms with Crippen molar-refractivity contribution in [3.63, 3.8) is 0 Å². The van der Waals surface area contributed by atoms with Crippen molar-refractivity contribution >= 4 is 28.7 Å². The Balaban J connectivity index is 1.37. The van der Waals surface area contributed by atoms with E-state index in [9.17, 15) is 26.7 Å². The summed E-state index contributed by atoms with van der Waals surface area (Å²) < 4.78 is 66.7. The molecule has 0 saturated carbocycles. The van der Waals surface area contributed by atoms with Gasteiger partial charge in [0.1, 0.15) is 23.7 Å². The summed E-state index contributed by atoms with van der Waals surface area (Å²) in [6, 6.07) is 1.80. The molecule has 0 aromatic carbocycles. The highest BCUT2D eigenvalue weighted by Crippen LogP contribution is 2.50. The molecule has 0 aliphatic carbocycles. The van der Waals surface area contributed by atoms with Crippen molar-refractivity contribution in [2.45, 2.75) is 57.8 Å². The number of anilines is 2. The molecule has 5 heterocycles. The van der Waals surface area contributed by atoms with E-state index in [0.29, 0.717) is 43.7 Å². The van der Waals surface area contributed by atoms with Crippen LogP contribution in [0.25, 0.3) is 11.2 Å². The van der Waals surface area contributed by atoms with Crippen LogP contribution in [0.2, 0.25) is 0 Å². The van der Waals surface area contributed by atoms with Gasteiger partial charge in [0, 0.05) is 24.8 Å². The topological polar surface area (TPSA) is 80.0 Å². The van der Waals surface area contributed by atoms with Gasteiger partial charge >= 0.3 is 6.18 Å². The second-order valence-electron chi connectivity index (χ2n) is 9.95. The molecule has 2 saturated heterocycles. The Morgan fingerprint density at radius 2 is 1.81 bits per heavy atom. The molecule has 192 valence electrons. The van der Waals surface area contributed by atoms with E-state index in [0.717, 1.165) is 23.0 Å². The van der Waals surface area contributed by atoms with E-state index in [1.807, 2.05) is 18.7 Å². The number of piperidine rings is 1. The highest BCUT2D eigenvalue weighted by molar-refractivity contribution is 6.01. The van der Waals surface area contributed by atoms with E-state index < -0.39 is 35.7 Å². The second kappa shape index (κ2) is 8.34. The van der Waals surface area contributed by atoms with E-state index in [2.05, 4.69) is 20.1 Å². The fraction of sp³-hybridized carbons (Fsp3) is 0.522. The molecule has 2 fully saturated rings. The average Bonchev–Trinajstić information content (AvgIpc) is 3.28. The number of halogens is 5. The number of pyridine rings is 1. The normalized spacial score (nSPS) is 19.7. The van der Waals surface area contributed by atoms with Crippen LogP contribution in [0.3, 0.4) is 0 Å². The van der Waals surface area contributed by atoms with E-state index >= 15 is 0 Å². The van der Waals surface area contributed by atoms with E-state index in [4.69, 9.17) is 0 Å².